The van der Waals surface area contributed by atoms with E-state index in [-0.39, 0.29) is 5.75 Å². The number of nitrogens with zero attached hydrogens (tertiary/aromatic N) is 1. The number of hydrogen-bond donors (Lipinski definition) is 3. The molecule has 0 aliphatic rings. The van der Waals surface area contributed by atoms with Crippen LogP contribution in [-0.4, -0.2) is 18.1 Å². The SMILES string of the molecule is CN(Cc1ccc(C(N)=O)cc1N)c1ccc(O)cc1. The number of nitrogen functional groups attached to an aromatic ring is 1. The van der Waals surface area contributed by atoms with Crippen LogP contribution in [0.4, 0.5) is 11.4 Å². The van der Waals surface area contributed by atoms with E-state index in [0.717, 1.165) is 11.3 Å². The van der Waals surface area contributed by atoms with Gasteiger partial charge in [-0.15, -0.1) is 0 Å². The number of phenolic OH excluding ortho intramolecular Hbond substituents is 1. The average Bonchev–Trinajstić information content (AvgIpc) is 2.41. The highest BCUT2D eigenvalue weighted by molar-refractivity contribution is 5.93. The van der Waals surface area contributed by atoms with Crippen LogP contribution in [0.3, 0.4) is 0 Å². The molecule has 0 saturated heterocycles. The maximum absolute atomic E-state index is 11.1. The standard InChI is InChI=1S/C15H17N3O2/c1-18(12-4-6-13(19)7-5-12)9-11-3-2-10(15(17)20)8-14(11)16/h2-8,19H,9,16H2,1H3,(H2,17,20). The van der Waals surface area contributed by atoms with Crippen LogP contribution in [0.1, 0.15) is 15.9 Å². The fourth-order valence-electron chi connectivity index (χ4n) is 1.95. The van der Waals surface area contributed by atoms with Gasteiger partial charge < -0.3 is 21.5 Å². The van der Waals surface area contributed by atoms with Crippen molar-refractivity contribution in [2.45, 2.75) is 6.54 Å². The first-order valence-electron chi connectivity index (χ1n) is 6.16. The molecule has 5 heteroatoms. The van der Waals surface area contributed by atoms with Crippen molar-refractivity contribution < 1.29 is 9.90 Å². The van der Waals surface area contributed by atoms with Crippen molar-refractivity contribution in [2.24, 2.45) is 5.73 Å². The third-order valence-corrected chi connectivity index (χ3v) is 3.13. The van der Waals surface area contributed by atoms with Crippen LogP contribution < -0.4 is 16.4 Å². The van der Waals surface area contributed by atoms with Gasteiger partial charge in [0.05, 0.1) is 0 Å². The summed E-state index contributed by atoms with van der Waals surface area (Å²) in [5.41, 5.74) is 13.9. The average molecular weight is 271 g/mol. The molecule has 2 rings (SSSR count). The number of aromatic hydroxyl groups is 1. The molecule has 2 aromatic rings. The first-order chi connectivity index (χ1) is 9.47. The van der Waals surface area contributed by atoms with E-state index in [1.54, 1.807) is 30.3 Å². The van der Waals surface area contributed by atoms with Crippen molar-refractivity contribution in [1.29, 1.82) is 0 Å². The van der Waals surface area contributed by atoms with E-state index in [1.165, 1.54) is 0 Å². The Morgan fingerprint density at radius 2 is 1.85 bits per heavy atom. The van der Waals surface area contributed by atoms with Crippen molar-refractivity contribution >= 4 is 17.3 Å². The maximum Gasteiger partial charge on any atom is 0.248 e. The molecule has 0 aliphatic carbocycles. The van der Waals surface area contributed by atoms with E-state index in [0.29, 0.717) is 17.8 Å². The molecule has 0 aliphatic heterocycles. The Bertz CT molecular complexity index is 624. The molecule has 0 unspecified atom stereocenters. The topological polar surface area (TPSA) is 92.6 Å². The summed E-state index contributed by atoms with van der Waals surface area (Å²) in [6.07, 6.45) is 0. The summed E-state index contributed by atoms with van der Waals surface area (Å²) in [6.45, 7) is 0.593. The summed E-state index contributed by atoms with van der Waals surface area (Å²) in [6, 6.07) is 12.0. The number of carbonyl (C=O) groups excluding carboxylic acids is 1. The number of benzene rings is 2. The number of amides is 1. The Morgan fingerprint density at radius 1 is 1.20 bits per heavy atom. The van der Waals surface area contributed by atoms with Gasteiger partial charge in [0.25, 0.3) is 0 Å². The number of nitrogens with two attached hydrogens (primary N) is 2. The molecule has 0 fully saturated rings. The fourth-order valence-corrected chi connectivity index (χ4v) is 1.95. The van der Waals surface area contributed by atoms with Gasteiger partial charge in [-0.2, -0.15) is 0 Å². The van der Waals surface area contributed by atoms with Gasteiger partial charge in [-0.1, -0.05) is 6.07 Å². The van der Waals surface area contributed by atoms with Gasteiger partial charge in [0.15, 0.2) is 0 Å². The van der Waals surface area contributed by atoms with Crippen molar-refractivity contribution in [3.8, 4) is 5.75 Å². The van der Waals surface area contributed by atoms with Crippen LogP contribution in [0.2, 0.25) is 0 Å². The first-order valence-corrected chi connectivity index (χ1v) is 6.16. The summed E-state index contributed by atoms with van der Waals surface area (Å²) in [5.74, 6) is -0.261. The molecular weight excluding hydrogens is 254 g/mol. The minimum Gasteiger partial charge on any atom is -0.508 e. The number of carbonyl (C=O) groups is 1. The highest BCUT2D eigenvalue weighted by Crippen LogP contribution is 2.21. The van der Waals surface area contributed by atoms with E-state index in [9.17, 15) is 9.90 Å². The third-order valence-electron chi connectivity index (χ3n) is 3.13. The first kappa shape index (κ1) is 13.7. The molecule has 104 valence electrons. The Balaban J connectivity index is 2.17. The zero-order valence-corrected chi connectivity index (χ0v) is 11.2. The molecule has 0 bridgehead atoms. The van der Waals surface area contributed by atoms with Crippen LogP contribution in [0.25, 0.3) is 0 Å². The summed E-state index contributed by atoms with van der Waals surface area (Å²) >= 11 is 0. The minimum atomic E-state index is -0.491. The Kier molecular flexibility index (Phi) is 3.79. The van der Waals surface area contributed by atoms with E-state index in [4.69, 9.17) is 11.5 Å². The van der Waals surface area contributed by atoms with Crippen LogP contribution in [0, 0.1) is 0 Å². The molecule has 0 heterocycles. The summed E-state index contributed by atoms with van der Waals surface area (Å²) in [4.78, 5) is 13.1. The predicted octanol–water partition coefficient (Wildman–Crippen LogP) is 1.71. The molecule has 0 aromatic heterocycles. The molecule has 0 atom stereocenters. The molecule has 5 nitrogen and oxygen atoms in total. The van der Waals surface area contributed by atoms with Gasteiger partial charge in [-0.3, -0.25) is 4.79 Å². The molecule has 2 aromatic carbocycles. The molecule has 1 amide bonds. The van der Waals surface area contributed by atoms with Crippen molar-refractivity contribution in [3.05, 3.63) is 53.6 Å². The fraction of sp³-hybridized carbons (Fsp3) is 0.133. The monoisotopic (exact) mass is 271 g/mol. The van der Waals surface area contributed by atoms with Gasteiger partial charge in [0.2, 0.25) is 5.91 Å². The van der Waals surface area contributed by atoms with Crippen LogP contribution >= 0.6 is 0 Å². The van der Waals surface area contributed by atoms with E-state index >= 15 is 0 Å². The summed E-state index contributed by atoms with van der Waals surface area (Å²) in [7, 11) is 1.92. The molecular formula is C15H17N3O2. The van der Waals surface area contributed by atoms with Crippen molar-refractivity contribution in [2.75, 3.05) is 17.7 Å². The van der Waals surface area contributed by atoms with Crippen LogP contribution in [0.15, 0.2) is 42.5 Å². The summed E-state index contributed by atoms with van der Waals surface area (Å²) in [5, 5.41) is 9.27. The lowest BCUT2D eigenvalue weighted by molar-refractivity contribution is 0.100. The van der Waals surface area contributed by atoms with Crippen molar-refractivity contribution in [3.63, 3.8) is 0 Å². The van der Waals surface area contributed by atoms with E-state index in [2.05, 4.69) is 0 Å². The highest BCUT2D eigenvalue weighted by atomic mass is 16.3. The Labute approximate surface area is 117 Å². The lowest BCUT2D eigenvalue weighted by Crippen LogP contribution is -2.18. The summed E-state index contributed by atoms with van der Waals surface area (Å²) < 4.78 is 0. The van der Waals surface area contributed by atoms with Gasteiger partial charge >= 0.3 is 0 Å². The second-order valence-corrected chi connectivity index (χ2v) is 4.65. The normalized spacial score (nSPS) is 10.2. The van der Waals surface area contributed by atoms with Crippen molar-refractivity contribution in [1.82, 2.24) is 0 Å². The Hall–Kier alpha value is -2.69. The largest absolute Gasteiger partial charge is 0.508 e. The predicted molar refractivity (Wildman–Crippen MR) is 79.6 cm³/mol. The molecule has 5 N–H and O–H groups in total. The second-order valence-electron chi connectivity index (χ2n) is 4.65. The van der Waals surface area contributed by atoms with Gasteiger partial charge in [0.1, 0.15) is 5.75 Å². The molecule has 0 radical (unpaired) electrons. The van der Waals surface area contributed by atoms with E-state index in [1.807, 2.05) is 24.1 Å². The quantitative estimate of drug-likeness (QED) is 0.738. The van der Waals surface area contributed by atoms with Gasteiger partial charge in [-0.05, 0) is 42.0 Å². The second kappa shape index (κ2) is 5.52. The molecule has 0 saturated carbocycles. The molecule has 0 spiro atoms. The third kappa shape index (κ3) is 3.00. The van der Waals surface area contributed by atoms with E-state index < -0.39 is 5.91 Å². The number of anilines is 2. The van der Waals surface area contributed by atoms with Crippen LogP contribution in [-0.2, 0) is 6.54 Å². The minimum absolute atomic E-state index is 0.229. The Morgan fingerprint density at radius 3 is 2.40 bits per heavy atom. The number of hydrogen-bond acceptors (Lipinski definition) is 4. The lowest BCUT2D eigenvalue weighted by Gasteiger charge is -2.20. The number of phenols is 1. The van der Waals surface area contributed by atoms with Gasteiger partial charge in [0, 0.05) is 30.5 Å². The zero-order valence-electron chi connectivity index (χ0n) is 11.2. The van der Waals surface area contributed by atoms with Crippen LogP contribution in [0.5, 0.6) is 5.75 Å². The number of primary amides is 1. The lowest BCUT2D eigenvalue weighted by atomic mass is 10.1. The zero-order chi connectivity index (χ0) is 14.7. The van der Waals surface area contributed by atoms with Gasteiger partial charge in [-0.25, -0.2) is 0 Å². The maximum atomic E-state index is 11.1. The molecule has 20 heavy (non-hydrogen) atoms. The smallest absolute Gasteiger partial charge is 0.248 e. The number of rotatable bonds is 4. The highest BCUT2D eigenvalue weighted by Gasteiger charge is 2.08.